The minimum Gasteiger partial charge on any atom is -1.00 e. The highest BCUT2D eigenvalue weighted by Gasteiger charge is 1.88. The van der Waals surface area contributed by atoms with Crippen LogP contribution in [0.15, 0.2) is 66.7 Å². The van der Waals surface area contributed by atoms with E-state index in [2.05, 4.69) is 16.2 Å². The van der Waals surface area contributed by atoms with E-state index in [1.807, 2.05) is 66.7 Å². The monoisotopic (exact) mass is 258 g/mol. The SMILES string of the molecule is C(=CCNc1ccccc1)=[NH+]c1ccccc1.[Cl-]. The first-order chi connectivity index (χ1) is 8.45. The van der Waals surface area contributed by atoms with Crippen LogP contribution in [0.4, 0.5) is 11.4 Å². The van der Waals surface area contributed by atoms with Gasteiger partial charge in [0.15, 0.2) is 5.87 Å². The predicted octanol–water partition coefficient (Wildman–Crippen LogP) is -1.26. The molecule has 0 saturated carbocycles. The third-order valence-corrected chi connectivity index (χ3v) is 2.27. The van der Waals surface area contributed by atoms with E-state index in [1.54, 1.807) is 0 Å². The Balaban J connectivity index is 0.00000162. The van der Waals surface area contributed by atoms with Gasteiger partial charge in [0.1, 0.15) is 0 Å². The van der Waals surface area contributed by atoms with Crippen LogP contribution in [0.25, 0.3) is 0 Å². The lowest BCUT2D eigenvalue weighted by Gasteiger charge is -1.99. The van der Waals surface area contributed by atoms with Crippen molar-refractivity contribution in [3.8, 4) is 0 Å². The Hall–Kier alpha value is -2.02. The first kappa shape index (κ1) is 14.0. The van der Waals surface area contributed by atoms with Crippen molar-refractivity contribution in [2.24, 2.45) is 0 Å². The van der Waals surface area contributed by atoms with E-state index in [0.717, 1.165) is 17.9 Å². The number of nitrogens with one attached hydrogen (secondary N) is 2. The number of benzene rings is 2. The summed E-state index contributed by atoms with van der Waals surface area (Å²) >= 11 is 0. The molecule has 18 heavy (non-hydrogen) atoms. The molecule has 0 aliphatic heterocycles. The van der Waals surface area contributed by atoms with E-state index in [4.69, 9.17) is 0 Å². The zero-order valence-electron chi connectivity index (χ0n) is 9.94. The zero-order chi connectivity index (χ0) is 11.8. The highest BCUT2D eigenvalue weighted by atomic mass is 35.5. The Morgan fingerprint density at radius 2 is 1.56 bits per heavy atom. The van der Waals surface area contributed by atoms with E-state index in [0.29, 0.717) is 0 Å². The van der Waals surface area contributed by atoms with Gasteiger partial charge in [-0.1, -0.05) is 36.4 Å². The van der Waals surface area contributed by atoms with Crippen molar-refractivity contribution >= 4 is 17.2 Å². The predicted molar refractivity (Wildman–Crippen MR) is 71.6 cm³/mol. The second-order valence-electron chi connectivity index (χ2n) is 3.59. The van der Waals surface area contributed by atoms with Crippen molar-refractivity contribution in [1.82, 2.24) is 0 Å². The number of hydrogen-bond acceptors (Lipinski definition) is 1. The summed E-state index contributed by atoms with van der Waals surface area (Å²) in [7, 11) is 0. The summed E-state index contributed by atoms with van der Waals surface area (Å²) in [6.07, 6.45) is 1.93. The van der Waals surface area contributed by atoms with Crippen LogP contribution in [-0.2, 0) is 0 Å². The first-order valence-corrected chi connectivity index (χ1v) is 5.62. The van der Waals surface area contributed by atoms with Gasteiger partial charge in [-0.3, -0.25) is 0 Å². The standard InChI is InChI=1S/C15H14N2.ClH/c1-3-8-14(9-4-1)16-12-7-13-17-15-10-5-2-6-11-15;/h1-11,16H,12H2;1H. The normalized spacial score (nSPS) is 8.67. The van der Waals surface area contributed by atoms with Gasteiger partial charge >= 0.3 is 0 Å². The summed E-state index contributed by atoms with van der Waals surface area (Å²) in [5.74, 6) is 3.03. The summed E-state index contributed by atoms with van der Waals surface area (Å²) in [6.45, 7) is 0.754. The molecular weight excluding hydrogens is 244 g/mol. The summed E-state index contributed by atoms with van der Waals surface area (Å²) < 4.78 is 0. The van der Waals surface area contributed by atoms with Gasteiger partial charge in [-0.05, 0) is 12.1 Å². The first-order valence-electron chi connectivity index (χ1n) is 5.62. The van der Waals surface area contributed by atoms with Gasteiger partial charge in [0.05, 0.1) is 0 Å². The van der Waals surface area contributed by atoms with Crippen LogP contribution in [-0.4, -0.2) is 12.4 Å². The second-order valence-corrected chi connectivity index (χ2v) is 3.59. The van der Waals surface area contributed by atoms with Crippen LogP contribution in [0.3, 0.4) is 0 Å². The van der Waals surface area contributed by atoms with Crippen LogP contribution in [0.1, 0.15) is 0 Å². The average molecular weight is 259 g/mol. The Morgan fingerprint density at radius 1 is 0.944 bits per heavy atom. The van der Waals surface area contributed by atoms with Gasteiger partial charge in [0.25, 0.3) is 0 Å². The quantitative estimate of drug-likeness (QED) is 0.658. The summed E-state index contributed by atoms with van der Waals surface area (Å²) in [6, 6.07) is 20.1. The number of hydrogen-bond donors (Lipinski definition) is 2. The summed E-state index contributed by atoms with van der Waals surface area (Å²) in [5, 5.41) is 3.27. The van der Waals surface area contributed by atoms with E-state index < -0.39 is 0 Å². The lowest BCUT2D eigenvalue weighted by Crippen LogP contribution is -3.00. The van der Waals surface area contributed by atoms with Crippen molar-refractivity contribution in [2.45, 2.75) is 0 Å². The Morgan fingerprint density at radius 3 is 2.22 bits per heavy atom. The molecule has 2 aromatic carbocycles. The molecule has 0 radical (unpaired) electrons. The van der Waals surface area contributed by atoms with Crippen LogP contribution in [0.2, 0.25) is 0 Å². The smallest absolute Gasteiger partial charge is 0.212 e. The topological polar surface area (TPSA) is 26.0 Å². The molecule has 2 nitrogen and oxygen atoms in total. The van der Waals surface area contributed by atoms with E-state index in [-0.39, 0.29) is 12.4 Å². The second kappa shape index (κ2) is 8.13. The number of anilines is 1. The molecule has 0 unspecified atom stereocenters. The maximum absolute atomic E-state index is 3.27. The minimum atomic E-state index is 0. The fraction of sp³-hybridized carbons (Fsp3) is 0.0667. The van der Waals surface area contributed by atoms with Crippen LogP contribution >= 0.6 is 0 Å². The maximum atomic E-state index is 3.27. The summed E-state index contributed by atoms with van der Waals surface area (Å²) in [5.41, 5.74) is 2.16. The highest BCUT2D eigenvalue weighted by Crippen LogP contribution is 2.03. The van der Waals surface area contributed by atoms with Crippen LogP contribution in [0, 0.1) is 0 Å². The van der Waals surface area contributed by atoms with Gasteiger partial charge in [-0.15, -0.1) is 0 Å². The van der Waals surface area contributed by atoms with Crippen molar-refractivity contribution in [2.75, 3.05) is 11.9 Å². The van der Waals surface area contributed by atoms with E-state index in [1.165, 1.54) is 0 Å². The van der Waals surface area contributed by atoms with Gasteiger partial charge in [0, 0.05) is 30.4 Å². The molecule has 2 N–H and O–H groups in total. The lowest BCUT2D eigenvalue weighted by molar-refractivity contribution is -0.344. The number of rotatable bonds is 4. The molecular formula is C15H15ClN2. The lowest BCUT2D eigenvalue weighted by atomic mass is 10.3. The van der Waals surface area contributed by atoms with Crippen molar-refractivity contribution in [1.29, 1.82) is 0 Å². The molecule has 2 aromatic rings. The maximum Gasteiger partial charge on any atom is 0.212 e. The molecule has 92 valence electrons. The summed E-state index contributed by atoms with van der Waals surface area (Å²) in [4.78, 5) is 3.09. The highest BCUT2D eigenvalue weighted by molar-refractivity contribution is 5.50. The van der Waals surface area contributed by atoms with Gasteiger partial charge in [-0.2, -0.15) is 4.99 Å². The fourth-order valence-corrected chi connectivity index (χ4v) is 1.43. The molecule has 0 fully saturated rings. The molecule has 0 bridgehead atoms. The van der Waals surface area contributed by atoms with Gasteiger partial charge < -0.3 is 17.7 Å². The molecule has 0 heterocycles. The molecule has 0 spiro atoms. The van der Waals surface area contributed by atoms with Crippen molar-refractivity contribution in [3.05, 3.63) is 66.7 Å². The fourth-order valence-electron chi connectivity index (χ4n) is 1.43. The number of halogens is 1. The van der Waals surface area contributed by atoms with Crippen molar-refractivity contribution in [3.63, 3.8) is 0 Å². The molecule has 0 aliphatic rings. The van der Waals surface area contributed by atoms with E-state index in [9.17, 15) is 0 Å². The molecule has 0 atom stereocenters. The third kappa shape index (κ3) is 4.88. The molecule has 2 rings (SSSR count). The molecule has 0 amide bonds. The average Bonchev–Trinajstić information content (AvgIpc) is 2.41. The Bertz CT molecular complexity index is 503. The third-order valence-electron chi connectivity index (χ3n) is 2.27. The Labute approximate surface area is 113 Å². The largest absolute Gasteiger partial charge is 1.00 e. The van der Waals surface area contributed by atoms with Crippen LogP contribution in [0.5, 0.6) is 0 Å². The van der Waals surface area contributed by atoms with Crippen LogP contribution < -0.4 is 22.7 Å². The Kier molecular flexibility index (Phi) is 6.34. The molecule has 0 aliphatic carbocycles. The van der Waals surface area contributed by atoms with Gasteiger partial charge in [-0.25, -0.2) is 0 Å². The van der Waals surface area contributed by atoms with E-state index >= 15 is 0 Å². The number of para-hydroxylation sites is 2. The zero-order valence-corrected chi connectivity index (χ0v) is 10.7. The molecule has 0 aromatic heterocycles. The van der Waals surface area contributed by atoms with Gasteiger partial charge in [0.2, 0.25) is 5.69 Å². The molecule has 0 saturated heterocycles. The van der Waals surface area contributed by atoms with Crippen molar-refractivity contribution < 1.29 is 17.4 Å². The molecule has 3 heteroatoms. The minimum absolute atomic E-state index is 0.